The minimum absolute atomic E-state index is 0.300. The molecular formula is C20H20N2O4. The summed E-state index contributed by atoms with van der Waals surface area (Å²) in [5.74, 6) is 0.982. The molecule has 0 aliphatic heterocycles. The number of carbonyl (C=O) groups excluding carboxylic acids is 1. The summed E-state index contributed by atoms with van der Waals surface area (Å²) in [6.45, 7) is 4.33. The molecule has 1 heterocycles. The van der Waals surface area contributed by atoms with Crippen molar-refractivity contribution < 1.29 is 18.9 Å². The van der Waals surface area contributed by atoms with Gasteiger partial charge in [-0.15, -0.1) is 0 Å². The molecule has 0 aliphatic carbocycles. The first-order valence-corrected chi connectivity index (χ1v) is 8.24. The summed E-state index contributed by atoms with van der Waals surface area (Å²) in [5, 5.41) is 3.90. The third-order valence-corrected chi connectivity index (χ3v) is 3.91. The Bertz CT molecular complexity index is 855. The Morgan fingerprint density at radius 2 is 1.88 bits per heavy atom. The van der Waals surface area contributed by atoms with Gasteiger partial charge in [0.25, 0.3) is 5.91 Å². The average molecular weight is 352 g/mol. The van der Waals surface area contributed by atoms with Gasteiger partial charge in [0.05, 0.1) is 17.9 Å². The predicted molar refractivity (Wildman–Crippen MR) is 95.4 cm³/mol. The van der Waals surface area contributed by atoms with E-state index >= 15 is 0 Å². The first kappa shape index (κ1) is 17.7. The highest BCUT2D eigenvalue weighted by molar-refractivity contribution is 5.93. The molecule has 6 nitrogen and oxygen atoms in total. The van der Waals surface area contributed by atoms with E-state index in [-0.39, 0.29) is 5.91 Å². The number of carbonyl (C=O) groups is 1. The number of aromatic nitrogens is 1. The van der Waals surface area contributed by atoms with Gasteiger partial charge in [0, 0.05) is 5.56 Å². The van der Waals surface area contributed by atoms with E-state index in [1.165, 1.54) is 0 Å². The Kier molecular flexibility index (Phi) is 5.66. The smallest absolute Gasteiger partial charge is 0.274 e. The van der Waals surface area contributed by atoms with Crippen molar-refractivity contribution in [2.75, 3.05) is 0 Å². The van der Waals surface area contributed by atoms with Crippen LogP contribution in [0, 0.1) is 13.8 Å². The van der Waals surface area contributed by atoms with E-state index in [2.05, 4.69) is 10.6 Å². The largest absolute Gasteiger partial charge is 0.489 e. The third-order valence-electron chi connectivity index (χ3n) is 3.91. The number of hydrogen-bond acceptors (Lipinski definition) is 5. The molecule has 1 aromatic heterocycles. The molecule has 6 heteroatoms. The summed E-state index contributed by atoms with van der Waals surface area (Å²) in [4.78, 5) is 17.5. The number of hydrogen-bond donors (Lipinski definition) is 1. The number of nitrogens with zero attached hydrogens (tertiary/aromatic N) is 1. The van der Waals surface area contributed by atoms with Crippen LogP contribution in [0.3, 0.4) is 0 Å². The van der Waals surface area contributed by atoms with Crippen molar-refractivity contribution in [2.45, 2.75) is 27.1 Å². The summed E-state index contributed by atoms with van der Waals surface area (Å²) in [6, 6.07) is 16.5. The second-order valence-electron chi connectivity index (χ2n) is 5.82. The molecular weight excluding hydrogens is 332 g/mol. The predicted octanol–water partition coefficient (Wildman–Crippen LogP) is 3.73. The van der Waals surface area contributed by atoms with Crippen molar-refractivity contribution in [3.63, 3.8) is 0 Å². The van der Waals surface area contributed by atoms with Gasteiger partial charge in [-0.25, -0.2) is 5.48 Å². The zero-order chi connectivity index (χ0) is 18.4. The highest BCUT2D eigenvalue weighted by atomic mass is 16.6. The van der Waals surface area contributed by atoms with Crippen molar-refractivity contribution in [1.29, 1.82) is 0 Å². The Labute approximate surface area is 151 Å². The average Bonchev–Trinajstić information content (AvgIpc) is 2.99. The Balaban J connectivity index is 1.55. The number of aryl methyl sites for hydroxylation is 2. The molecule has 1 amide bonds. The fraction of sp³-hybridized carbons (Fsp3) is 0.200. The van der Waals surface area contributed by atoms with Crippen LogP contribution in [0.1, 0.15) is 32.9 Å². The summed E-state index contributed by atoms with van der Waals surface area (Å²) in [7, 11) is 0. The summed E-state index contributed by atoms with van der Waals surface area (Å²) >= 11 is 0. The van der Waals surface area contributed by atoms with Gasteiger partial charge < -0.3 is 9.26 Å². The summed E-state index contributed by atoms with van der Waals surface area (Å²) in [6.07, 6.45) is 0. The maximum absolute atomic E-state index is 12.2. The molecule has 3 aromatic rings. The lowest BCUT2D eigenvalue weighted by Gasteiger charge is -2.09. The van der Waals surface area contributed by atoms with E-state index in [1.54, 1.807) is 24.3 Å². The molecule has 0 bridgehead atoms. The Morgan fingerprint density at radius 1 is 1.08 bits per heavy atom. The van der Waals surface area contributed by atoms with Crippen LogP contribution >= 0.6 is 0 Å². The normalized spacial score (nSPS) is 10.5. The summed E-state index contributed by atoms with van der Waals surface area (Å²) in [5.41, 5.74) is 5.58. The van der Waals surface area contributed by atoms with Crippen LogP contribution in [0.5, 0.6) is 5.75 Å². The zero-order valence-corrected chi connectivity index (χ0v) is 14.7. The SMILES string of the molecule is Cc1noc(C)c1COc1cccc(C(=O)NOCc2ccccc2)c1. The Hall–Kier alpha value is -3.12. The number of rotatable bonds is 7. The van der Waals surface area contributed by atoms with Crippen molar-refractivity contribution in [3.05, 3.63) is 82.7 Å². The van der Waals surface area contributed by atoms with E-state index in [0.29, 0.717) is 24.5 Å². The van der Waals surface area contributed by atoms with E-state index in [1.807, 2.05) is 44.2 Å². The topological polar surface area (TPSA) is 73.6 Å². The molecule has 0 spiro atoms. The molecule has 134 valence electrons. The summed E-state index contributed by atoms with van der Waals surface area (Å²) < 4.78 is 10.9. The first-order chi connectivity index (χ1) is 12.6. The molecule has 0 atom stereocenters. The number of nitrogens with one attached hydrogen (secondary N) is 1. The van der Waals surface area contributed by atoms with Crippen molar-refractivity contribution >= 4 is 5.91 Å². The van der Waals surface area contributed by atoms with Gasteiger partial charge in [-0.2, -0.15) is 0 Å². The van der Waals surface area contributed by atoms with Gasteiger partial charge in [-0.1, -0.05) is 41.6 Å². The number of benzene rings is 2. The molecule has 0 aliphatic rings. The van der Waals surface area contributed by atoms with Gasteiger partial charge in [0.15, 0.2) is 0 Å². The molecule has 26 heavy (non-hydrogen) atoms. The minimum Gasteiger partial charge on any atom is -0.489 e. The van der Waals surface area contributed by atoms with Crippen LogP contribution in [-0.4, -0.2) is 11.1 Å². The lowest BCUT2D eigenvalue weighted by molar-refractivity contribution is 0.0233. The number of hydroxylamine groups is 1. The maximum atomic E-state index is 12.2. The monoisotopic (exact) mass is 352 g/mol. The molecule has 3 rings (SSSR count). The Morgan fingerprint density at radius 3 is 2.62 bits per heavy atom. The minimum atomic E-state index is -0.330. The second-order valence-corrected chi connectivity index (χ2v) is 5.82. The van der Waals surface area contributed by atoms with Gasteiger partial charge in [-0.05, 0) is 37.6 Å². The first-order valence-electron chi connectivity index (χ1n) is 8.24. The quantitative estimate of drug-likeness (QED) is 0.656. The second kappa shape index (κ2) is 8.31. The lowest BCUT2D eigenvalue weighted by atomic mass is 10.2. The fourth-order valence-electron chi connectivity index (χ4n) is 2.41. The van der Waals surface area contributed by atoms with Crippen LogP contribution in [0.25, 0.3) is 0 Å². The van der Waals surface area contributed by atoms with Crippen molar-refractivity contribution in [3.8, 4) is 5.75 Å². The zero-order valence-electron chi connectivity index (χ0n) is 14.7. The van der Waals surface area contributed by atoms with Gasteiger partial charge in [0.2, 0.25) is 0 Å². The van der Waals surface area contributed by atoms with Gasteiger partial charge in [-0.3, -0.25) is 9.63 Å². The van der Waals surface area contributed by atoms with E-state index in [4.69, 9.17) is 14.1 Å². The van der Waals surface area contributed by atoms with E-state index in [9.17, 15) is 4.79 Å². The van der Waals surface area contributed by atoms with Gasteiger partial charge in [0.1, 0.15) is 18.1 Å². The molecule has 0 unspecified atom stereocenters. The number of ether oxygens (including phenoxy) is 1. The van der Waals surface area contributed by atoms with Crippen LogP contribution < -0.4 is 10.2 Å². The molecule has 1 N–H and O–H groups in total. The van der Waals surface area contributed by atoms with E-state index < -0.39 is 0 Å². The fourth-order valence-corrected chi connectivity index (χ4v) is 2.41. The van der Waals surface area contributed by atoms with E-state index in [0.717, 1.165) is 22.6 Å². The molecule has 2 aromatic carbocycles. The highest BCUT2D eigenvalue weighted by Crippen LogP contribution is 2.18. The molecule has 0 radical (unpaired) electrons. The van der Waals surface area contributed by atoms with Crippen molar-refractivity contribution in [1.82, 2.24) is 10.6 Å². The molecule has 0 fully saturated rings. The van der Waals surface area contributed by atoms with Gasteiger partial charge >= 0.3 is 0 Å². The third kappa shape index (κ3) is 4.49. The van der Waals surface area contributed by atoms with Crippen LogP contribution in [0.15, 0.2) is 59.1 Å². The van der Waals surface area contributed by atoms with Crippen molar-refractivity contribution in [2.24, 2.45) is 0 Å². The molecule has 0 saturated heterocycles. The lowest BCUT2D eigenvalue weighted by Crippen LogP contribution is -2.23. The van der Waals surface area contributed by atoms with Crippen LogP contribution in [0.2, 0.25) is 0 Å². The standard InChI is InChI=1S/C20H20N2O4/c1-14-19(15(2)26-21-14)13-24-18-10-6-9-17(11-18)20(23)22-25-12-16-7-4-3-5-8-16/h3-11H,12-13H2,1-2H3,(H,22,23). The maximum Gasteiger partial charge on any atom is 0.274 e. The van der Waals surface area contributed by atoms with Crippen LogP contribution in [0.4, 0.5) is 0 Å². The molecule has 0 saturated carbocycles. The highest BCUT2D eigenvalue weighted by Gasteiger charge is 2.11. The number of amides is 1. The van der Waals surface area contributed by atoms with Crippen LogP contribution in [-0.2, 0) is 18.1 Å².